The van der Waals surface area contributed by atoms with Gasteiger partial charge in [-0.05, 0) is 30.3 Å². The molecule has 0 aliphatic rings. The van der Waals surface area contributed by atoms with Crippen LogP contribution < -0.4 is 21.5 Å². The summed E-state index contributed by atoms with van der Waals surface area (Å²) < 4.78 is 5.15. The molecule has 0 fully saturated rings. The van der Waals surface area contributed by atoms with E-state index in [1.54, 1.807) is 18.2 Å². The van der Waals surface area contributed by atoms with Gasteiger partial charge in [0.1, 0.15) is 5.75 Å². The Morgan fingerprint density at radius 1 is 1.13 bits per heavy atom. The highest BCUT2D eigenvalue weighted by Crippen LogP contribution is 2.31. The van der Waals surface area contributed by atoms with Crippen LogP contribution in [0.3, 0.4) is 0 Å². The van der Waals surface area contributed by atoms with Crippen LogP contribution in [0.2, 0.25) is 10.0 Å². The van der Waals surface area contributed by atoms with E-state index in [0.717, 1.165) is 0 Å². The minimum atomic E-state index is -0.606. The number of halogens is 2. The molecule has 0 aliphatic carbocycles. The van der Waals surface area contributed by atoms with E-state index in [4.69, 9.17) is 39.4 Å². The zero-order chi connectivity index (χ0) is 17.0. The first-order valence-electron chi connectivity index (χ1n) is 6.44. The summed E-state index contributed by atoms with van der Waals surface area (Å²) in [5.74, 6) is -0.651. The maximum atomic E-state index is 12.2. The topological polar surface area (TPSA) is 107 Å². The number of nitrogens with two attached hydrogens (primary N) is 2. The molecular weight excluding hydrogens is 341 g/mol. The van der Waals surface area contributed by atoms with Crippen molar-refractivity contribution in [1.29, 1.82) is 0 Å². The number of hydrogen-bond acceptors (Lipinski definition) is 4. The zero-order valence-electron chi connectivity index (χ0n) is 11.8. The molecule has 5 N–H and O–H groups in total. The predicted octanol–water partition coefficient (Wildman–Crippen LogP) is 2.69. The van der Waals surface area contributed by atoms with E-state index >= 15 is 0 Å². The van der Waals surface area contributed by atoms with Crippen molar-refractivity contribution < 1.29 is 14.3 Å². The molecule has 0 saturated carbocycles. The number of anilines is 2. The van der Waals surface area contributed by atoms with Gasteiger partial charge in [0.15, 0.2) is 6.61 Å². The third-order valence-corrected chi connectivity index (χ3v) is 3.44. The summed E-state index contributed by atoms with van der Waals surface area (Å²) in [5.41, 5.74) is 11.6. The van der Waals surface area contributed by atoms with Crippen molar-refractivity contribution >= 4 is 46.4 Å². The molecule has 23 heavy (non-hydrogen) atoms. The van der Waals surface area contributed by atoms with Crippen LogP contribution in [0, 0.1) is 0 Å². The number of amides is 2. The number of primary amides is 1. The first-order valence-corrected chi connectivity index (χ1v) is 7.19. The maximum absolute atomic E-state index is 12.2. The summed E-state index contributed by atoms with van der Waals surface area (Å²) in [7, 11) is 0. The summed E-state index contributed by atoms with van der Waals surface area (Å²) in [4.78, 5) is 22.9. The second-order valence-corrected chi connectivity index (χ2v) is 5.40. The average molecular weight is 354 g/mol. The van der Waals surface area contributed by atoms with E-state index in [9.17, 15) is 9.59 Å². The van der Waals surface area contributed by atoms with E-state index in [1.165, 1.54) is 18.2 Å². The van der Waals surface area contributed by atoms with Crippen molar-refractivity contribution in [3.05, 3.63) is 52.0 Å². The van der Waals surface area contributed by atoms with Crippen molar-refractivity contribution in [2.24, 2.45) is 5.73 Å². The fourth-order valence-electron chi connectivity index (χ4n) is 1.74. The lowest BCUT2D eigenvalue weighted by atomic mass is 10.2. The quantitative estimate of drug-likeness (QED) is 0.718. The summed E-state index contributed by atoms with van der Waals surface area (Å²) in [6.45, 7) is -0.270. The molecule has 0 spiro atoms. The molecule has 0 saturated heterocycles. The fourth-order valence-corrected chi connectivity index (χ4v) is 2.23. The summed E-state index contributed by atoms with van der Waals surface area (Å²) in [5, 5.41) is 3.13. The van der Waals surface area contributed by atoms with Gasteiger partial charge in [0.05, 0.1) is 15.7 Å². The van der Waals surface area contributed by atoms with Crippen LogP contribution in [0.5, 0.6) is 5.75 Å². The Hall–Kier alpha value is -2.44. The van der Waals surface area contributed by atoms with Crippen LogP contribution in [0.15, 0.2) is 36.4 Å². The molecule has 0 bridgehead atoms. The maximum Gasteiger partial charge on any atom is 0.255 e. The predicted molar refractivity (Wildman–Crippen MR) is 90.0 cm³/mol. The molecular formula is C15H13Cl2N3O3. The minimum absolute atomic E-state index is 0.242. The van der Waals surface area contributed by atoms with E-state index in [2.05, 4.69) is 5.32 Å². The molecule has 0 aromatic heterocycles. The van der Waals surface area contributed by atoms with Crippen molar-refractivity contribution in [1.82, 2.24) is 0 Å². The number of ether oxygens (including phenoxy) is 1. The first-order chi connectivity index (χ1) is 10.9. The molecule has 0 atom stereocenters. The Morgan fingerprint density at radius 2 is 1.78 bits per heavy atom. The van der Waals surface area contributed by atoms with Gasteiger partial charge in [-0.15, -0.1) is 0 Å². The second-order valence-electron chi connectivity index (χ2n) is 4.59. The molecule has 0 unspecified atom stereocenters. The van der Waals surface area contributed by atoms with Crippen LogP contribution in [0.1, 0.15) is 10.4 Å². The molecule has 0 aliphatic heterocycles. The van der Waals surface area contributed by atoms with Crippen LogP contribution in [0.4, 0.5) is 11.4 Å². The van der Waals surface area contributed by atoms with E-state index in [1.807, 2.05) is 0 Å². The van der Waals surface area contributed by atoms with Crippen LogP contribution >= 0.6 is 23.2 Å². The van der Waals surface area contributed by atoms with Gasteiger partial charge < -0.3 is 21.5 Å². The van der Waals surface area contributed by atoms with Gasteiger partial charge in [-0.2, -0.15) is 0 Å². The molecule has 2 rings (SSSR count). The van der Waals surface area contributed by atoms with E-state index in [-0.39, 0.29) is 22.3 Å². The average Bonchev–Trinajstić information content (AvgIpc) is 2.50. The van der Waals surface area contributed by atoms with Gasteiger partial charge in [-0.3, -0.25) is 9.59 Å². The van der Waals surface area contributed by atoms with Gasteiger partial charge >= 0.3 is 0 Å². The fraction of sp³-hybridized carbons (Fsp3) is 0.0667. The highest BCUT2D eigenvalue weighted by molar-refractivity contribution is 6.39. The Kier molecular flexibility index (Phi) is 5.31. The standard InChI is InChI=1S/C15H13Cl2N3O3/c16-11-5-9(6-12(17)14(11)19)20-15(22)8-2-1-3-10(4-8)23-7-13(18)21/h1-6H,7,19H2,(H2,18,21)(H,20,22). The number of rotatable bonds is 5. The second kappa shape index (κ2) is 7.21. The number of carbonyl (C=O) groups excluding carboxylic acids is 2. The highest BCUT2D eigenvalue weighted by Gasteiger charge is 2.10. The number of nitrogens with one attached hydrogen (secondary N) is 1. The number of benzene rings is 2. The van der Waals surface area contributed by atoms with Crippen molar-refractivity contribution in [3.8, 4) is 5.75 Å². The van der Waals surface area contributed by atoms with Crippen LogP contribution in [-0.2, 0) is 4.79 Å². The Bertz CT molecular complexity index is 742. The molecule has 6 nitrogen and oxygen atoms in total. The van der Waals surface area contributed by atoms with E-state index in [0.29, 0.717) is 17.0 Å². The molecule has 8 heteroatoms. The minimum Gasteiger partial charge on any atom is -0.484 e. The van der Waals surface area contributed by atoms with Crippen molar-refractivity contribution in [2.45, 2.75) is 0 Å². The molecule has 0 heterocycles. The van der Waals surface area contributed by atoms with Crippen LogP contribution in [0.25, 0.3) is 0 Å². The third-order valence-electron chi connectivity index (χ3n) is 2.81. The summed E-state index contributed by atoms with van der Waals surface area (Å²) in [6.07, 6.45) is 0. The highest BCUT2D eigenvalue weighted by atomic mass is 35.5. The molecule has 120 valence electrons. The van der Waals surface area contributed by atoms with Gasteiger partial charge in [0, 0.05) is 11.3 Å². The molecule has 2 aromatic carbocycles. The third kappa shape index (κ3) is 4.51. The molecule has 0 radical (unpaired) electrons. The largest absolute Gasteiger partial charge is 0.484 e. The lowest BCUT2D eigenvalue weighted by molar-refractivity contribution is -0.119. The molecule has 2 aromatic rings. The first kappa shape index (κ1) is 16.9. The SMILES string of the molecule is NC(=O)COc1cccc(C(=O)Nc2cc(Cl)c(N)c(Cl)c2)c1. The van der Waals surface area contributed by atoms with Crippen molar-refractivity contribution in [2.75, 3.05) is 17.7 Å². The monoisotopic (exact) mass is 353 g/mol. The van der Waals surface area contributed by atoms with Gasteiger partial charge in [0.25, 0.3) is 11.8 Å². The van der Waals surface area contributed by atoms with Gasteiger partial charge in [-0.25, -0.2) is 0 Å². The number of nitrogen functional groups attached to an aromatic ring is 1. The zero-order valence-corrected chi connectivity index (χ0v) is 13.3. The lowest BCUT2D eigenvalue weighted by Gasteiger charge is -2.09. The lowest BCUT2D eigenvalue weighted by Crippen LogP contribution is -2.20. The number of carbonyl (C=O) groups is 2. The Balaban J connectivity index is 2.14. The molecule has 2 amide bonds. The van der Waals surface area contributed by atoms with Gasteiger partial charge in [-0.1, -0.05) is 29.3 Å². The normalized spacial score (nSPS) is 10.2. The van der Waals surface area contributed by atoms with Crippen molar-refractivity contribution in [3.63, 3.8) is 0 Å². The summed E-state index contributed by atoms with van der Waals surface area (Å²) >= 11 is 11.8. The number of hydrogen-bond donors (Lipinski definition) is 3. The smallest absolute Gasteiger partial charge is 0.255 e. The Morgan fingerprint density at radius 3 is 2.39 bits per heavy atom. The summed E-state index contributed by atoms with van der Waals surface area (Å²) in [6, 6.07) is 9.29. The van der Waals surface area contributed by atoms with Gasteiger partial charge in [0.2, 0.25) is 0 Å². The Labute approximate surface area is 142 Å². The van der Waals surface area contributed by atoms with E-state index < -0.39 is 11.8 Å². The van der Waals surface area contributed by atoms with Crippen LogP contribution in [-0.4, -0.2) is 18.4 Å².